The predicted octanol–water partition coefficient (Wildman–Crippen LogP) is 1.06. The van der Waals surface area contributed by atoms with Crippen LogP contribution in [0.15, 0.2) is 0 Å². The molecule has 2 aliphatic rings. The van der Waals surface area contributed by atoms with Gasteiger partial charge in [-0.15, -0.1) is 0 Å². The summed E-state index contributed by atoms with van der Waals surface area (Å²) in [6, 6.07) is 0. The Bertz CT molecular complexity index is 526. The predicted molar refractivity (Wildman–Crippen MR) is 69.4 cm³/mol. The molecule has 0 saturated carbocycles. The van der Waals surface area contributed by atoms with Gasteiger partial charge in [-0.05, 0) is 31.7 Å². The zero-order chi connectivity index (χ0) is 14.1. The van der Waals surface area contributed by atoms with Gasteiger partial charge in [-0.2, -0.15) is 0 Å². The van der Waals surface area contributed by atoms with Crippen molar-refractivity contribution in [1.82, 2.24) is 9.97 Å². The fourth-order valence-electron chi connectivity index (χ4n) is 2.80. The number of rotatable bonds is 2. The second kappa shape index (κ2) is 5.46. The molecule has 1 saturated heterocycles. The molecule has 3 rings (SSSR count). The fraction of sp³-hybridized carbons (Fsp3) is 0.643. The van der Waals surface area contributed by atoms with Crippen molar-refractivity contribution < 1.29 is 19.4 Å². The number of carboxylic acids is 1. The Labute approximate surface area is 117 Å². The number of hydrogen-bond acceptors (Lipinski definition) is 5. The maximum Gasteiger partial charge on any atom is 0.306 e. The molecule has 0 radical (unpaired) electrons. The highest BCUT2D eigenvalue weighted by atomic mass is 16.6. The zero-order valence-electron chi connectivity index (χ0n) is 11.5. The molecule has 1 N–H and O–H groups in total. The van der Waals surface area contributed by atoms with Crippen molar-refractivity contribution >= 4 is 5.97 Å². The van der Waals surface area contributed by atoms with E-state index in [0.29, 0.717) is 44.9 Å². The largest absolute Gasteiger partial charge is 0.481 e. The summed E-state index contributed by atoms with van der Waals surface area (Å²) in [5.41, 5.74) is 2.83. The van der Waals surface area contributed by atoms with Crippen LogP contribution in [-0.2, 0) is 27.1 Å². The van der Waals surface area contributed by atoms with Crippen molar-refractivity contribution in [3.05, 3.63) is 22.8 Å². The summed E-state index contributed by atoms with van der Waals surface area (Å²) >= 11 is 0. The number of fused-ring (bicyclic) bond motifs is 1. The molecule has 108 valence electrons. The molecule has 6 nitrogen and oxygen atoms in total. The van der Waals surface area contributed by atoms with E-state index in [-0.39, 0.29) is 12.0 Å². The van der Waals surface area contributed by atoms with E-state index in [0.717, 1.165) is 17.0 Å². The fourth-order valence-corrected chi connectivity index (χ4v) is 2.80. The van der Waals surface area contributed by atoms with Crippen molar-refractivity contribution in [2.75, 3.05) is 19.8 Å². The summed E-state index contributed by atoms with van der Waals surface area (Å²) < 4.78 is 11.0. The van der Waals surface area contributed by atoms with Crippen molar-refractivity contribution in [1.29, 1.82) is 0 Å². The lowest BCUT2D eigenvalue weighted by molar-refractivity contribution is -0.142. The first-order chi connectivity index (χ1) is 9.65. The number of carboxylic acid groups (broad SMARTS) is 1. The Morgan fingerprint density at radius 3 is 2.90 bits per heavy atom. The van der Waals surface area contributed by atoms with E-state index in [9.17, 15) is 4.79 Å². The third-order valence-electron chi connectivity index (χ3n) is 3.95. The van der Waals surface area contributed by atoms with Crippen LogP contribution in [0.2, 0.25) is 0 Å². The zero-order valence-corrected chi connectivity index (χ0v) is 11.5. The van der Waals surface area contributed by atoms with Crippen molar-refractivity contribution in [2.45, 2.75) is 32.3 Å². The molecule has 1 fully saturated rings. The molecule has 2 unspecified atom stereocenters. The lowest BCUT2D eigenvalue weighted by Gasteiger charge is -2.26. The lowest BCUT2D eigenvalue weighted by atomic mass is 9.86. The molecule has 2 heterocycles. The van der Waals surface area contributed by atoms with Gasteiger partial charge in [0.1, 0.15) is 6.10 Å². The van der Waals surface area contributed by atoms with Gasteiger partial charge in [0.25, 0.3) is 0 Å². The molecule has 1 aromatic rings. The van der Waals surface area contributed by atoms with Gasteiger partial charge in [0.05, 0.1) is 25.7 Å². The minimum Gasteiger partial charge on any atom is -0.481 e. The first kappa shape index (κ1) is 13.5. The van der Waals surface area contributed by atoms with E-state index in [1.807, 2.05) is 6.92 Å². The Morgan fingerprint density at radius 2 is 2.20 bits per heavy atom. The molecule has 0 spiro atoms. The van der Waals surface area contributed by atoms with Crippen LogP contribution in [0.25, 0.3) is 0 Å². The maximum absolute atomic E-state index is 11.1. The van der Waals surface area contributed by atoms with Crippen LogP contribution >= 0.6 is 0 Å². The van der Waals surface area contributed by atoms with E-state index < -0.39 is 5.97 Å². The standard InChI is InChI=1S/C14H18N2O4/c1-8-10-6-9(14(17)18)2-3-11(10)16-13(15-8)12-7-19-4-5-20-12/h9,12H,2-7H2,1H3,(H,17,18). The number of aliphatic carboxylic acids is 1. The molecule has 1 aliphatic heterocycles. The van der Waals surface area contributed by atoms with Crippen molar-refractivity contribution in [3.8, 4) is 0 Å². The van der Waals surface area contributed by atoms with Crippen LogP contribution in [0.4, 0.5) is 0 Å². The normalized spacial score (nSPS) is 26.1. The average Bonchev–Trinajstić information content (AvgIpc) is 2.47. The topological polar surface area (TPSA) is 81.5 Å². The van der Waals surface area contributed by atoms with Gasteiger partial charge < -0.3 is 14.6 Å². The molecule has 0 amide bonds. The number of ether oxygens (including phenoxy) is 2. The number of carbonyl (C=O) groups is 1. The van der Waals surface area contributed by atoms with Gasteiger partial charge in [-0.25, -0.2) is 9.97 Å². The van der Waals surface area contributed by atoms with Gasteiger partial charge in [0, 0.05) is 11.4 Å². The Kier molecular flexibility index (Phi) is 3.67. The summed E-state index contributed by atoms with van der Waals surface area (Å²) in [6.07, 6.45) is 1.65. The minimum atomic E-state index is -0.733. The van der Waals surface area contributed by atoms with Crippen LogP contribution in [0.3, 0.4) is 0 Å². The molecule has 2 atom stereocenters. The summed E-state index contributed by atoms with van der Waals surface area (Å²) in [7, 11) is 0. The molecule has 1 aliphatic carbocycles. The van der Waals surface area contributed by atoms with Gasteiger partial charge in [-0.1, -0.05) is 0 Å². The van der Waals surface area contributed by atoms with E-state index in [2.05, 4.69) is 9.97 Å². The Hall–Kier alpha value is -1.53. The summed E-state index contributed by atoms with van der Waals surface area (Å²) in [4.78, 5) is 20.2. The molecular formula is C14H18N2O4. The molecule has 0 bridgehead atoms. The number of hydrogen-bond donors (Lipinski definition) is 1. The van der Waals surface area contributed by atoms with E-state index in [1.54, 1.807) is 0 Å². The minimum absolute atomic E-state index is 0.204. The van der Waals surface area contributed by atoms with E-state index in [1.165, 1.54) is 0 Å². The third-order valence-corrected chi connectivity index (χ3v) is 3.95. The maximum atomic E-state index is 11.1. The first-order valence-corrected chi connectivity index (χ1v) is 6.93. The average molecular weight is 278 g/mol. The highest BCUT2D eigenvalue weighted by Gasteiger charge is 2.29. The van der Waals surface area contributed by atoms with Crippen LogP contribution in [0, 0.1) is 12.8 Å². The third kappa shape index (κ3) is 2.53. The second-order valence-corrected chi connectivity index (χ2v) is 5.30. The van der Waals surface area contributed by atoms with Crippen LogP contribution in [0.5, 0.6) is 0 Å². The van der Waals surface area contributed by atoms with Gasteiger partial charge in [0.2, 0.25) is 0 Å². The van der Waals surface area contributed by atoms with E-state index >= 15 is 0 Å². The summed E-state index contributed by atoms with van der Waals surface area (Å²) in [5.74, 6) is -0.386. The highest BCUT2D eigenvalue weighted by molar-refractivity contribution is 5.71. The number of aryl methyl sites for hydroxylation is 2. The molecule has 6 heteroatoms. The van der Waals surface area contributed by atoms with Gasteiger partial charge in [0.15, 0.2) is 5.82 Å². The Balaban J connectivity index is 1.87. The molecular weight excluding hydrogens is 260 g/mol. The highest BCUT2D eigenvalue weighted by Crippen LogP contribution is 2.28. The second-order valence-electron chi connectivity index (χ2n) is 5.30. The van der Waals surface area contributed by atoms with Gasteiger partial charge in [-0.3, -0.25) is 4.79 Å². The summed E-state index contributed by atoms with van der Waals surface area (Å²) in [5, 5.41) is 9.14. The molecule has 0 aromatic carbocycles. The lowest BCUT2D eigenvalue weighted by Crippen LogP contribution is -2.27. The van der Waals surface area contributed by atoms with Crippen LogP contribution in [0.1, 0.15) is 35.3 Å². The van der Waals surface area contributed by atoms with Gasteiger partial charge >= 0.3 is 5.97 Å². The SMILES string of the molecule is Cc1nc(C2COCCO2)nc2c1CC(C(=O)O)CC2. The van der Waals surface area contributed by atoms with Crippen molar-refractivity contribution in [3.63, 3.8) is 0 Å². The van der Waals surface area contributed by atoms with Crippen molar-refractivity contribution in [2.24, 2.45) is 5.92 Å². The Morgan fingerprint density at radius 1 is 1.35 bits per heavy atom. The molecule has 1 aromatic heterocycles. The van der Waals surface area contributed by atoms with E-state index in [4.69, 9.17) is 14.6 Å². The smallest absolute Gasteiger partial charge is 0.306 e. The van der Waals surface area contributed by atoms with Crippen LogP contribution in [-0.4, -0.2) is 40.9 Å². The first-order valence-electron chi connectivity index (χ1n) is 6.93. The van der Waals surface area contributed by atoms with Crippen LogP contribution < -0.4 is 0 Å². The monoisotopic (exact) mass is 278 g/mol. The molecule has 20 heavy (non-hydrogen) atoms. The summed E-state index contributed by atoms with van der Waals surface area (Å²) in [6.45, 7) is 3.57. The number of nitrogens with zero attached hydrogens (tertiary/aromatic N) is 2. The quantitative estimate of drug-likeness (QED) is 0.871. The number of aromatic nitrogens is 2.